The molecular weight excluding hydrogens is 296 g/mol. The smallest absolute Gasteiger partial charge is 0.336 e. The molecule has 1 aliphatic heterocycles. The van der Waals surface area contributed by atoms with Gasteiger partial charge < -0.3 is 10.4 Å². The van der Waals surface area contributed by atoms with E-state index >= 15 is 0 Å². The second-order valence-electron chi connectivity index (χ2n) is 4.28. The molecule has 2 N–H and O–H groups in total. The molecule has 1 aliphatic rings. The molecule has 4 nitrogen and oxygen atoms in total. The number of para-hydroxylation sites is 1. The fourth-order valence-electron chi connectivity index (χ4n) is 2.40. The number of carbonyl (C=O) groups is 1. The van der Waals surface area contributed by atoms with E-state index in [2.05, 4.69) is 26.2 Å². The summed E-state index contributed by atoms with van der Waals surface area (Å²) < 4.78 is 0.837. The number of nitrogens with zero attached hydrogens (tertiary/aromatic N) is 1. The van der Waals surface area contributed by atoms with Crippen molar-refractivity contribution in [1.29, 1.82) is 0 Å². The van der Waals surface area contributed by atoms with E-state index in [0.29, 0.717) is 17.5 Å². The Kier molecular flexibility index (Phi) is 2.80. The summed E-state index contributed by atoms with van der Waals surface area (Å²) >= 11 is 3.44. The topological polar surface area (TPSA) is 62.2 Å². The number of halogens is 1. The first-order valence-electron chi connectivity index (χ1n) is 5.72. The van der Waals surface area contributed by atoms with Crippen molar-refractivity contribution in [2.24, 2.45) is 0 Å². The van der Waals surface area contributed by atoms with Crippen LogP contribution in [-0.2, 0) is 13.0 Å². The molecule has 2 aromatic rings. The molecule has 3 rings (SSSR count). The number of hydrogen-bond donors (Lipinski definition) is 2. The Hall–Kier alpha value is -1.46. The van der Waals surface area contributed by atoms with Crippen LogP contribution in [0.25, 0.3) is 10.9 Å². The molecule has 0 bridgehead atoms. The molecule has 1 aromatic heterocycles. The Labute approximate surface area is 112 Å². The maximum absolute atomic E-state index is 11.5. The van der Waals surface area contributed by atoms with E-state index in [0.717, 1.165) is 34.2 Å². The zero-order valence-electron chi connectivity index (χ0n) is 9.53. The number of nitrogens with one attached hydrogen (secondary N) is 1. The van der Waals surface area contributed by atoms with E-state index in [1.807, 2.05) is 18.2 Å². The van der Waals surface area contributed by atoms with Crippen LogP contribution < -0.4 is 5.32 Å². The fraction of sp³-hybridized carbons (Fsp3) is 0.231. The molecule has 0 fully saturated rings. The zero-order valence-corrected chi connectivity index (χ0v) is 11.1. The summed E-state index contributed by atoms with van der Waals surface area (Å²) in [6.07, 6.45) is 0.771. The maximum Gasteiger partial charge on any atom is 0.336 e. The predicted octanol–water partition coefficient (Wildman–Crippen LogP) is 2.34. The summed E-state index contributed by atoms with van der Waals surface area (Å²) in [5, 5.41) is 13.4. The third-order valence-corrected chi connectivity index (χ3v) is 3.85. The van der Waals surface area contributed by atoms with Crippen LogP contribution in [0.4, 0.5) is 0 Å². The van der Waals surface area contributed by atoms with Crippen molar-refractivity contribution in [3.05, 3.63) is 39.5 Å². The standard InChI is InChI=1S/C13H11BrN2O2/c14-9-3-1-2-7-11(13(17)18)8-6-15-5-4-10(8)16-12(7)9/h1-3,15H,4-6H2,(H,17,18). The molecule has 0 saturated carbocycles. The van der Waals surface area contributed by atoms with Crippen molar-refractivity contribution in [3.63, 3.8) is 0 Å². The van der Waals surface area contributed by atoms with Crippen molar-refractivity contribution in [2.75, 3.05) is 6.54 Å². The Morgan fingerprint density at radius 3 is 3.06 bits per heavy atom. The van der Waals surface area contributed by atoms with Crippen molar-refractivity contribution < 1.29 is 9.90 Å². The van der Waals surface area contributed by atoms with Gasteiger partial charge in [0.05, 0.1) is 11.1 Å². The Balaban J connectivity index is 2.44. The Morgan fingerprint density at radius 2 is 2.28 bits per heavy atom. The highest BCUT2D eigenvalue weighted by Gasteiger charge is 2.22. The van der Waals surface area contributed by atoms with Crippen LogP contribution in [0.3, 0.4) is 0 Å². The predicted molar refractivity (Wildman–Crippen MR) is 71.8 cm³/mol. The van der Waals surface area contributed by atoms with Gasteiger partial charge in [-0.15, -0.1) is 0 Å². The van der Waals surface area contributed by atoms with Gasteiger partial charge in [0.2, 0.25) is 0 Å². The first-order valence-corrected chi connectivity index (χ1v) is 6.52. The van der Waals surface area contributed by atoms with Gasteiger partial charge in [0.25, 0.3) is 0 Å². The van der Waals surface area contributed by atoms with Crippen molar-refractivity contribution in [3.8, 4) is 0 Å². The maximum atomic E-state index is 11.5. The van der Waals surface area contributed by atoms with Crippen LogP contribution in [0.2, 0.25) is 0 Å². The van der Waals surface area contributed by atoms with Crippen molar-refractivity contribution in [2.45, 2.75) is 13.0 Å². The lowest BCUT2D eigenvalue weighted by Gasteiger charge is -2.20. The average molecular weight is 307 g/mol. The number of rotatable bonds is 1. The molecule has 5 heteroatoms. The normalized spacial score (nSPS) is 14.5. The second-order valence-corrected chi connectivity index (χ2v) is 5.13. The first-order chi connectivity index (χ1) is 8.68. The van der Waals surface area contributed by atoms with E-state index in [4.69, 9.17) is 0 Å². The summed E-state index contributed by atoms with van der Waals surface area (Å²) in [4.78, 5) is 16.1. The lowest BCUT2D eigenvalue weighted by Crippen LogP contribution is -2.27. The van der Waals surface area contributed by atoms with Crippen LogP contribution >= 0.6 is 15.9 Å². The largest absolute Gasteiger partial charge is 0.478 e. The molecule has 0 radical (unpaired) electrons. The third kappa shape index (κ3) is 1.71. The lowest BCUT2D eigenvalue weighted by molar-refractivity contribution is 0.0697. The number of carboxylic acid groups (broad SMARTS) is 1. The molecular formula is C13H11BrN2O2. The van der Waals surface area contributed by atoms with E-state index in [9.17, 15) is 9.90 Å². The molecule has 0 saturated heterocycles. The van der Waals surface area contributed by atoms with E-state index in [1.165, 1.54) is 0 Å². The van der Waals surface area contributed by atoms with Crippen LogP contribution in [-0.4, -0.2) is 22.6 Å². The van der Waals surface area contributed by atoms with Gasteiger partial charge >= 0.3 is 5.97 Å². The van der Waals surface area contributed by atoms with Gasteiger partial charge in [-0.3, -0.25) is 4.98 Å². The SMILES string of the molecule is O=C(O)c1c2c(nc3c(Br)cccc13)CCNC2. The number of aromatic carboxylic acids is 1. The Morgan fingerprint density at radius 1 is 1.44 bits per heavy atom. The summed E-state index contributed by atoms with van der Waals surface area (Å²) in [6, 6.07) is 5.53. The molecule has 18 heavy (non-hydrogen) atoms. The number of fused-ring (bicyclic) bond motifs is 2. The minimum absolute atomic E-state index is 0.378. The number of aromatic nitrogens is 1. The summed E-state index contributed by atoms with van der Waals surface area (Å²) in [6.45, 7) is 1.42. The van der Waals surface area contributed by atoms with E-state index in [1.54, 1.807) is 0 Å². The molecule has 0 atom stereocenters. The highest BCUT2D eigenvalue weighted by molar-refractivity contribution is 9.10. The van der Waals surface area contributed by atoms with Crippen molar-refractivity contribution >= 4 is 32.8 Å². The van der Waals surface area contributed by atoms with Gasteiger partial charge in [-0.25, -0.2) is 4.79 Å². The summed E-state index contributed by atoms with van der Waals surface area (Å²) in [7, 11) is 0. The van der Waals surface area contributed by atoms with Crippen LogP contribution in [0.1, 0.15) is 21.6 Å². The number of hydrogen-bond acceptors (Lipinski definition) is 3. The van der Waals surface area contributed by atoms with Gasteiger partial charge in [0, 0.05) is 40.6 Å². The average Bonchev–Trinajstić information content (AvgIpc) is 2.36. The van der Waals surface area contributed by atoms with Gasteiger partial charge in [0.1, 0.15) is 0 Å². The molecule has 92 valence electrons. The van der Waals surface area contributed by atoms with Crippen LogP contribution in [0.15, 0.2) is 22.7 Å². The van der Waals surface area contributed by atoms with Crippen LogP contribution in [0.5, 0.6) is 0 Å². The van der Waals surface area contributed by atoms with Crippen LogP contribution in [0, 0.1) is 0 Å². The lowest BCUT2D eigenvalue weighted by atomic mass is 9.97. The van der Waals surface area contributed by atoms with Gasteiger partial charge in [-0.1, -0.05) is 12.1 Å². The summed E-state index contributed by atoms with van der Waals surface area (Å²) in [5.41, 5.74) is 2.82. The van der Waals surface area contributed by atoms with E-state index in [-0.39, 0.29) is 0 Å². The molecule has 0 unspecified atom stereocenters. The Bertz CT molecular complexity index is 655. The molecule has 0 aliphatic carbocycles. The van der Waals surface area contributed by atoms with Crippen molar-refractivity contribution in [1.82, 2.24) is 10.3 Å². The van der Waals surface area contributed by atoms with Gasteiger partial charge in [0.15, 0.2) is 0 Å². The fourth-order valence-corrected chi connectivity index (χ4v) is 2.86. The van der Waals surface area contributed by atoms with E-state index < -0.39 is 5.97 Å². The third-order valence-electron chi connectivity index (χ3n) is 3.21. The van der Waals surface area contributed by atoms with Gasteiger partial charge in [-0.2, -0.15) is 0 Å². The number of carboxylic acids is 1. The highest BCUT2D eigenvalue weighted by Crippen LogP contribution is 2.29. The highest BCUT2D eigenvalue weighted by atomic mass is 79.9. The second kappa shape index (κ2) is 4.33. The molecule has 1 aromatic carbocycles. The molecule has 2 heterocycles. The molecule has 0 spiro atoms. The number of benzene rings is 1. The quantitative estimate of drug-likeness (QED) is 0.849. The van der Waals surface area contributed by atoms with Gasteiger partial charge in [-0.05, 0) is 22.0 Å². The zero-order chi connectivity index (χ0) is 12.7. The minimum Gasteiger partial charge on any atom is -0.478 e. The monoisotopic (exact) mass is 306 g/mol. The minimum atomic E-state index is -0.888. The summed E-state index contributed by atoms with van der Waals surface area (Å²) in [5.74, 6) is -0.888. The number of pyridine rings is 1. The molecule has 0 amide bonds. The first kappa shape index (κ1) is 11.6.